The van der Waals surface area contributed by atoms with Crippen molar-refractivity contribution in [2.24, 2.45) is 5.92 Å². The number of rotatable bonds is 20. The van der Waals surface area contributed by atoms with Crippen molar-refractivity contribution >= 4 is 43.6 Å². The molecule has 4 atom stereocenters. The average molecular weight is 748 g/mol. The molecule has 0 aromatic heterocycles. The van der Waals surface area contributed by atoms with Gasteiger partial charge in [-0.05, 0) is 0 Å². The van der Waals surface area contributed by atoms with Crippen LogP contribution in [0.3, 0.4) is 0 Å². The Labute approximate surface area is 283 Å². The van der Waals surface area contributed by atoms with Crippen LogP contribution in [-0.2, 0) is 18.9 Å². The fourth-order valence-electron chi connectivity index (χ4n) is 5.14. The summed E-state index contributed by atoms with van der Waals surface area (Å²) in [6, 6.07) is 5.78. The second kappa shape index (κ2) is 18.6. The Morgan fingerprint density at radius 3 is 2.33 bits per heavy atom. The molecule has 2 rings (SSSR count). The summed E-state index contributed by atoms with van der Waals surface area (Å²) in [6.07, 6.45) is 8.19. The van der Waals surface area contributed by atoms with Crippen LogP contribution in [0.2, 0.25) is 51.4 Å². The molecule has 0 aliphatic carbocycles. The number of methoxy groups -OCH3 is 1. The van der Waals surface area contributed by atoms with E-state index in [0.29, 0.717) is 30.3 Å². The van der Waals surface area contributed by atoms with E-state index in [0.717, 1.165) is 43.3 Å². The molecule has 0 bridgehead atoms. The number of ether oxygens (including phenoxy) is 6. The van der Waals surface area contributed by atoms with Gasteiger partial charge in [0, 0.05) is 0 Å². The zero-order valence-electron chi connectivity index (χ0n) is 29.8. The first-order valence-corrected chi connectivity index (χ1v) is 28.2. The fraction of sp³-hybridized carbons (Fsp3) is 0.735. The van der Waals surface area contributed by atoms with Gasteiger partial charge in [-0.2, -0.15) is 0 Å². The third kappa shape index (κ3) is 14.4. The average Bonchev–Trinajstić information content (AvgIpc) is 3.25. The molecular formula is C34H61O7PSeSi2. The second-order valence-electron chi connectivity index (χ2n) is 15.0. The van der Waals surface area contributed by atoms with E-state index < -0.39 is 21.9 Å². The molecule has 258 valence electrons. The number of hydrogen-bond acceptors (Lipinski definition) is 7. The zero-order valence-corrected chi connectivity index (χ0v) is 34.7. The number of allylic oxidation sites excluding steroid dienone is 1. The Hall–Kier alpha value is -0.837. The number of carbonyl (C=O) groups excluding carboxylic acids is 1. The van der Waals surface area contributed by atoms with Crippen molar-refractivity contribution < 1.29 is 33.2 Å². The van der Waals surface area contributed by atoms with Crippen molar-refractivity contribution in [2.75, 3.05) is 27.1 Å². The van der Waals surface area contributed by atoms with Gasteiger partial charge in [0.05, 0.1) is 0 Å². The Morgan fingerprint density at radius 2 is 1.73 bits per heavy atom. The van der Waals surface area contributed by atoms with Gasteiger partial charge in [0.2, 0.25) is 0 Å². The first kappa shape index (κ1) is 40.3. The number of carbonyl (C=O) groups is 1. The first-order valence-electron chi connectivity index (χ1n) is 16.5. The molecule has 1 aliphatic rings. The molecule has 2 unspecified atom stereocenters. The summed E-state index contributed by atoms with van der Waals surface area (Å²) in [7, 11) is 2.83. The summed E-state index contributed by atoms with van der Waals surface area (Å²) in [5.41, 5.74) is 1.36. The molecule has 0 spiro atoms. The van der Waals surface area contributed by atoms with Crippen molar-refractivity contribution in [1.82, 2.24) is 0 Å². The maximum atomic E-state index is 13.8. The fourth-order valence-corrected chi connectivity index (χ4v) is 9.26. The molecule has 1 saturated heterocycles. The first-order chi connectivity index (χ1) is 21.0. The van der Waals surface area contributed by atoms with Crippen LogP contribution < -0.4 is 9.47 Å². The van der Waals surface area contributed by atoms with Crippen LogP contribution in [0.4, 0.5) is 0 Å². The predicted molar refractivity (Wildman–Crippen MR) is 196 cm³/mol. The second-order valence-corrected chi connectivity index (χ2v) is 29.4. The van der Waals surface area contributed by atoms with E-state index >= 15 is 0 Å². The monoisotopic (exact) mass is 748 g/mol. The van der Waals surface area contributed by atoms with E-state index in [9.17, 15) is 4.79 Å². The molecule has 45 heavy (non-hydrogen) atoms. The topological polar surface area (TPSA) is 72.5 Å². The molecule has 0 amide bonds. The molecule has 0 radical (unpaired) electrons. The number of hydrogen-bond donors (Lipinski definition) is 0. The maximum absolute atomic E-state index is 13.8. The van der Waals surface area contributed by atoms with Crippen LogP contribution in [0.15, 0.2) is 24.3 Å². The summed E-state index contributed by atoms with van der Waals surface area (Å²) >= 11 is -0.343. The molecule has 7 nitrogen and oxygen atoms in total. The van der Waals surface area contributed by atoms with Crippen LogP contribution in [0.1, 0.15) is 74.1 Å². The van der Waals surface area contributed by atoms with E-state index in [-0.39, 0.29) is 49.7 Å². The van der Waals surface area contributed by atoms with Gasteiger partial charge >= 0.3 is 284 Å². The molecule has 0 N–H and O–H groups in total. The number of esters is 1. The van der Waals surface area contributed by atoms with E-state index in [2.05, 4.69) is 72.8 Å². The van der Waals surface area contributed by atoms with Crippen molar-refractivity contribution in [1.29, 1.82) is 0 Å². The Balaban J connectivity index is 2.46. The van der Waals surface area contributed by atoms with Gasteiger partial charge in [-0.1, -0.05) is 0 Å². The Bertz CT molecular complexity index is 1120. The van der Waals surface area contributed by atoms with Crippen molar-refractivity contribution in [3.8, 4) is 11.5 Å². The number of unbranched alkanes of at least 4 members (excludes halogenated alkanes) is 1. The summed E-state index contributed by atoms with van der Waals surface area (Å²) in [4.78, 5) is 13.9. The molecule has 1 aromatic carbocycles. The summed E-state index contributed by atoms with van der Waals surface area (Å²) in [6.45, 7) is 23.3. The molecule has 1 aromatic rings. The summed E-state index contributed by atoms with van der Waals surface area (Å²) < 4.78 is 36.4. The van der Waals surface area contributed by atoms with Gasteiger partial charge in [-0.15, -0.1) is 0 Å². The minimum atomic E-state index is -1.39. The van der Waals surface area contributed by atoms with Gasteiger partial charge in [0.25, 0.3) is 0 Å². The Kier molecular flexibility index (Phi) is 16.7. The molecule has 11 heteroatoms. The molecular weight excluding hydrogens is 686 g/mol. The normalized spacial score (nSPS) is 19.9. The van der Waals surface area contributed by atoms with E-state index in [1.54, 1.807) is 7.11 Å². The molecule has 1 aliphatic heterocycles. The quantitative estimate of drug-likeness (QED) is 0.0435. The predicted octanol–water partition coefficient (Wildman–Crippen LogP) is 8.71. The molecule has 1 fully saturated rings. The van der Waals surface area contributed by atoms with Crippen molar-refractivity contribution in [3.05, 3.63) is 35.4 Å². The standard InChI is InChI=1S/C34H61O7PSeSi2/c1-12-13-14-15-25(2)32-28(40-34(3,4)41-32)16-17-30(43-42)27-22-26(37-18-20-44(6,7)8)23-29(39-24-36-5)31(27)33(35)38-19-21-45(9,10)11/h14-15,22-23,25,28,30,32,42-43H,12-13,16-21,24H2,1-11H3/b15-14-/t25?,28-,30?,32+/m0/s1. The molecule has 0 saturated carbocycles. The third-order valence-electron chi connectivity index (χ3n) is 7.72. The zero-order chi connectivity index (χ0) is 33.8. The van der Waals surface area contributed by atoms with Gasteiger partial charge < -0.3 is 0 Å². The van der Waals surface area contributed by atoms with E-state index in [1.165, 1.54) is 0 Å². The SMILES string of the molecule is CCC/C=C\C(C)[C@H]1OC(C)(C)O[C@H]1CCC([SeH]=P)c1cc(OCC[Si](C)(C)C)cc(OCOC)c1C(=O)OCC[Si](C)(C)C. The van der Waals surface area contributed by atoms with Crippen LogP contribution in [-0.4, -0.2) is 81.3 Å². The number of benzene rings is 1. The van der Waals surface area contributed by atoms with Gasteiger partial charge in [0.1, 0.15) is 0 Å². The van der Waals surface area contributed by atoms with Crippen LogP contribution in [0.5, 0.6) is 11.5 Å². The van der Waals surface area contributed by atoms with Crippen molar-refractivity contribution in [2.45, 2.75) is 128 Å². The Morgan fingerprint density at radius 1 is 1.07 bits per heavy atom. The third-order valence-corrected chi connectivity index (χ3v) is 14.5. The van der Waals surface area contributed by atoms with Crippen LogP contribution >= 0.6 is 7.49 Å². The summed E-state index contributed by atoms with van der Waals surface area (Å²) in [5, 5.41) is 0. The molecule has 1 heterocycles. The van der Waals surface area contributed by atoms with Crippen LogP contribution in [0.25, 0.3) is 0 Å². The summed E-state index contributed by atoms with van der Waals surface area (Å²) in [5.74, 6) is 0.371. The minimum absolute atomic E-state index is 0.0205. The van der Waals surface area contributed by atoms with Gasteiger partial charge in [0.15, 0.2) is 0 Å². The van der Waals surface area contributed by atoms with Crippen molar-refractivity contribution in [3.63, 3.8) is 0 Å². The van der Waals surface area contributed by atoms with Gasteiger partial charge in [-0.25, -0.2) is 0 Å². The van der Waals surface area contributed by atoms with E-state index in [4.69, 9.17) is 28.4 Å². The van der Waals surface area contributed by atoms with E-state index in [1.807, 2.05) is 26.0 Å². The van der Waals surface area contributed by atoms with Crippen LogP contribution in [0, 0.1) is 5.92 Å². The van der Waals surface area contributed by atoms with Gasteiger partial charge in [-0.3, -0.25) is 0 Å².